The van der Waals surface area contributed by atoms with Crippen LogP contribution in [0.5, 0.6) is 0 Å². The van der Waals surface area contributed by atoms with Gasteiger partial charge in [0.15, 0.2) is 0 Å². The van der Waals surface area contributed by atoms with Gasteiger partial charge in [0.2, 0.25) is 5.91 Å². The van der Waals surface area contributed by atoms with E-state index in [0.717, 1.165) is 10.2 Å². The van der Waals surface area contributed by atoms with Crippen LogP contribution in [0.1, 0.15) is 23.1 Å². The fraction of sp³-hybridized carbons (Fsp3) is 0.333. The molecule has 0 fully saturated rings. The maximum atomic E-state index is 12.0. The fourth-order valence-electron chi connectivity index (χ4n) is 1.89. The third-order valence-corrected chi connectivity index (χ3v) is 3.76. The number of amides is 2. The van der Waals surface area contributed by atoms with Gasteiger partial charge in [-0.1, -0.05) is 0 Å². The Kier molecular flexibility index (Phi) is 4.41. The van der Waals surface area contributed by atoms with Gasteiger partial charge in [-0.05, 0) is 29.8 Å². The summed E-state index contributed by atoms with van der Waals surface area (Å²) in [6, 6.07) is 0. The van der Waals surface area contributed by atoms with Crippen molar-refractivity contribution < 1.29 is 9.59 Å². The normalized spacial score (nSPS) is 10.6. The first-order chi connectivity index (χ1) is 9.93. The van der Waals surface area contributed by atoms with Crippen LogP contribution in [0, 0.1) is 6.92 Å². The topological polar surface area (TPSA) is 108 Å². The number of nitrogens with zero attached hydrogens (tertiary/aromatic N) is 4. The van der Waals surface area contributed by atoms with Gasteiger partial charge in [-0.25, -0.2) is 0 Å². The van der Waals surface area contributed by atoms with Gasteiger partial charge in [0, 0.05) is 6.54 Å². The zero-order valence-corrected chi connectivity index (χ0v) is 13.2. The number of nitrogens with two attached hydrogens (primary N) is 1. The number of rotatable bonds is 5. The lowest BCUT2D eigenvalue weighted by molar-refractivity contribution is -0.116. The van der Waals surface area contributed by atoms with Crippen molar-refractivity contribution in [3.8, 4) is 0 Å². The highest BCUT2D eigenvalue weighted by Gasteiger charge is 2.17. The molecule has 2 aromatic rings. The molecule has 2 heterocycles. The molecule has 8 nitrogen and oxygen atoms in total. The molecule has 0 aliphatic carbocycles. The van der Waals surface area contributed by atoms with Crippen LogP contribution in [0.4, 0.5) is 5.69 Å². The second-order valence-corrected chi connectivity index (χ2v) is 5.22. The van der Waals surface area contributed by atoms with E-state index in [-0.39, 0.29) is 18.1 Å². The second-order valence-electron chi connectivity index (χ2n) is 4.37. The minimum absolute atomic E-state index is 0.0347. The second kappa shape index (κ2) is 6.08. The molecule has 0 bridgehead atoms. The van der Waals surface area contributed by atoms with Crippen LogP contribution in [0.15, 0.2) is 16.9 Å². The lowest BCUT2D eigenvalue weighted by Crippen LogP contribution is -2.23. The number of aromatic nitrogens is 4. The summed E-state index contributed by atoms with van der Waals surface area (Å²) in [5.41, 5.74) is 6.64. The van der Waals surface area contributed by atoms with E-state index in [9.17, 15) is 9.59 Å². The lowest BCUT2D eigenvalue weighted by Gasteiger charge is -2.07. The van der Waals surface area contributed by atoms with Crippen molar-refractivity contribution in [2.24, 2.45) is 5.73 Å². The standard InChI is InChI=1S/C12H15BrN6O2/c1-3-18-11(12(14)21)9(5-16-18)17-10(20)6-19-7(2)8(13)4-15-19/h4-5H,3,6H2,1-2H3,(H2,14,21)(H,17,20). The van der Waals surface area contributed by atoms with E-state index in [1.165, 1.54) is 10.9 Å². The minimum atomic E-state index is -0.636. The summed E-state index contributed by atoms with van der Waals surface area (Å²) in [5.74, 6) is -0.950. The van der Waals surface area contributed by atoms with Crippen LogP contribution in [0.3, 0.4) is 0 Å². The molecule has 2 rings (SSSR count). The number of nitrogens with one attached hydrogen (secondary N) is 1. The molecule has 0 saturated carbocycles. The molecule has 21 heavy (non-hydrogen) atoms. The molecule has 0 atom stereocenters. The van der Waals surface area contributed by atoms with Crippen LogP contribution in [0.25, 0.3) is 0 Å². The van der Waals surface area contributed by atoms with Crippen molar-refractivity contribution in [1.82, 2.24) is 19.6 Å². The van der Waals surface area contributed by atoms with E-state index in [1.54, 1.807) is 10.9 Å². The Morgan fingerprint density at radius 1 is 1.33 bits per heavy atom. The molecule has 2 amide bonds. The van der Waals surface area contributed by atoms with Gasteiger partial charge < -0.3 is 11.1 Å². The largest absolute Gasteiger partial charge is 0.364 e. The Hall–Kier alpha value is -2.16. The zero-order valence-electron chi connectivity index (χ0n) is 11.6. The summed E-state index contributed by atoms with van der Waals surface area (Å²) in [6.45, 7) is 4.19. The predicted octanol–water partition coefficient (Wildman–Crippen LogP) is 0.908. The highest BCUT2D eigenvalue weighted by molar-refractivity contribution is 9.10. The zero-order chi connectivity index (χ0) is 15.6. The number of primary amides is 1. The molecule has 0 aliphatic heterocycles. The van der Waals surface area contributed by atoms with E-state index in [4.69, 9.17) is 5.73 Å². The number of anilines is 1. The van der Waals surface area contributed by atoms with Gasteiger partial charge in [0.05, 0.1) is 28.2 Å². The summed E-state index contributed by atoms with van der Waals surface area (Å²) >= 11 is 3.33. The molecule has 112 valence electrons. The third-order valence-electron chi connectivity index (χ3n) is 2.98. The Balaban J connectivity index is 2.15. The molecule has 2 aromatic heterocycles. The molecule has 3 N–H and O–H groups in total. The molecule has 0 aliphatic rings. The first kappa shape index (κ1) is 15.2. The van der Waals surface area contributed by atoms with Crippen molar-refractivity contribution in [3.63, 3.8) is 0 Å². The molecular weight excluding hydrogens is 340 g/mol. The fourth-order valence-corrected chi connectivity index (χ4v) is 2.18. The van der Waals surface area contributed by atoms with E-state index < -0.39 is 5.91 Å². The van der Waals surface area contributed by atoms with Crippen molar-refractivity contribution >= 4 is 33.4 Å². The molecule has 0 radical (unpaired) electrons. The van der Waals surface area contributed by atoms with E-state index in [1.807, 2.05) is 13.8 Å². The van der Waals surface area contributed by atoms with Crippen LogP contribution >= 0.6 is 15.9 Å². The number of hydrogen-bond donors (Lipinski definition) is 2. The number of hydrogen-bond acceptors (Lipinski definition) is 4. The van der Waals surface area contributed by atoms with Gasteiger partial charge in [0.25, 0.3) is 5.91 Å². The average Bonchev–Trinajstić information content (AvgIpc) is 2.97. The smallest absolute Gasteiger partial charge is 0.269 e. The summed E-state index contributed by atoms with van der Waals surface area (Å²) < 4.78 is 3.81. The molecular formula is C12H15BrN6O2. The predicted molar refractivity (Wildman–Crippen MR) is 79.7 cm³/mol. The Labute approximate surface area is 129 Å². The first-order valence-electron chi connectivity index (χ1n) is 6.27. The SMILES string of the molecule is CCn1ncc(NC(=O)Cn2ncc(Br)c2C)c1C(N)=O. The van der Waals surface area contributed by atoms with Gasteiger partial charge in [-0.2, -0.15) is 10.2 Å². The van der Waals surface area contributed by atoms with Crippen molar-refractivity contribution in [1.29, 1.82) is 0 Å². The van der Waals surface area contributed by atoms with Gasteiger partial charge in [-0.3, -0.25) is 19.0 Å². The van der Waals surface area contributed by atoms with Crippen LogP contribution in [-0.2, 0) is 17.9 Å². The van der Waals surface area contributed by atoms with E-state index >= 15 is 0 Å². The third kappa shape index (κ3) is 3.13. The van der Waals surface area contributed by atoms with Crippen LogP contribution in [0.2, 0.25) is 0 Å². The average molecular weight is 355 g/mol. The number of carbonyl (C=O) groups excluding carboxylic acids is 2. The molecule has 9 heteroatoms. The summed E-state index contributed by atoms with van der Waals surface area (Å²) in [7, 11) is 0. The maximum Gasteiger partial charge on any atom is 0.269 e. The van der Waals surface area contributed by atoms with Gasteiger partial charge in [0.1, 0.15) is 12.2 Å². The summed E-state index contributed by atoms with van der Waals surface area (Å²) in [6.07, 6.45) is 3.03. The van der Waals surface area contributed by atoms with E-state index in [2.05, 4.69) is 31.4 Å². The molecule has 0 aromatic carbocycles. The van der Waals surface area contributed by atoms with E-state index in [0.29, 0.717) is 12.2 Å². The van der Waals surface area contributed by atoms with Gasteiger partial charge >= 0.3 is 0 Å². The van der Waals surface area contributed by atoms with Gasteiger partial charge in [-0.15, -0.1) is 0 Å². The molecule has 0 unspecified atom stereocenters. The number of aryl methyl sites for hydroxylation is 1. The maximum absolute atomic E-state index is 12.0. The minimum Gasteiger partial charge on any atom is -0.364 e. The molecule has 0 saturated heterocycles. The van der Waals surface area contributed by atoms with Crippen LogP contribution < -0.4 is 11.1 Å². The number of carbonyl (C=O) groups is 2. The Morgan fingerprint density at radius 3 is 2.52 bits per heavy atom. The monoisotopic (exact) mass is 354 g/mol. The van der Waals surface area contributed by atoms with Crippen molar-refractivity contribution in [2.45, 2.75) is 26.9 Å². The first-order valence-corrected chi connectivity index (χ1v) is 7.06. The number of halogens is 1. The molecule has 0 spiro atoms. The quantitative estimate of drug-likeness (QED) is 0.831. The summed E-state index contributed by atoms with van der Waals surface area (Å²) in [4.78, 5) is 23.5. The van der Waals surface area contributed by atoms with Crippen LogP contribution in [-0.4, -0.2) is 31.4 Å². The van der Waals surface area contributed by atoms with Crippen molar-refractivity contribution in [2.75, 3.05) is 5.32 Å². The highest BCUT2D eigenvalue weighted by atomic mass is 79.9. The van der Waals surface area contributed by atoms with Crippen molar-refractivity contribution in [3.05, 3.63) is 28.3 Å². The Bertz CT molecular complexity index is 690. The summed E-state index contributed by atoms with van der Waals surface area (Å²) in [5, 5.41) is 10.7. The lowest BCUT2D eigenvalue weighted by atomic mass is 10.3. The Morgan fingerprint density at radius 2 is 2.00 bits per heavy atom. The highest BCUT2D eigenvalue weighted by Crippen LogP contribution is 2.16.